The van der Waals surface area contributed by atoms with Crippen LogP contribution < -0.4 is 25.5 Å². The zero-order valence-corrected chi connectivity index (χ0v) is 32.0. The third kappa shape index (κ3) is 6.15. The van der Waals surface area contributed by atoms with E-state index in [4.69, 9.17) is 14.2 Å². The third-order valence-electron chi connectivity index (χ3n) is 11.3. The van der Waals surface area contributed by atoms with Gasteiger partial charge >= 0.3 is 0 Å². The molecule has 14 heteroatoms. The molecule has 0 bridgehead atoms. The third-order valence-corrected chi connectivity index (χ3v) is 13.8. The van der Waals surface area contributed by atoms with E-state index in [0.29, 0.717) is 35.6 Å². The molecule has 54 heavy (non-hydrogen) atoms. The highest BCUT2D eigenvalue weighted by molar-refractivity contribution is 6.72. The van der Waals surface area contributed by atoms with Crippen molar-refractivity contribution in [1.82, 2.24) is 14.0 Å². The summed E-state index contributed by atoms with van der Waals surface area (Å²) in [6.45, 7) is 5.46. The number of aliphatic hydroxyl groups excluding tert-OH is 1. The lowest BCUT2D eigenvalue weighted by molar-refractivity contribution is -0.150. The lowest BCUT2D eigenvalue weighted by Gasteiger charge is -2.31. The van der Waals surface area contributed by atoms with Crippen LogP contribution in [0.2, 0.25) is 18.6 Å². The van der Waals surface area contributed by atoms with E-state index >= 15 is 8.90 Å². The van der Waals surface area contributed by atoms with Gasteiger partial charge < -0.3 is 33.2 Å². The molecule has 284 valence electrons. The fourth-order valence-electron chi connectivity index (χ4n) is 8.80. The van der Waals surface area contributed by atoms with Crippen LogP contribution >= 0.6 is 0 Å². The number of aliphatic hydroxyl groups is 1. The molecule has 1 spiro atoms. The van der Waals surface area contributed by atoms with Gasteiger partial charge in [0.15, 0.2) is 17.1 Å². The average molecular weight is 757 g/mol. The number of rotatable bonds is 10. The number of carbonyl (C=O) groups excluding carboxylic acids is 2. The summed E-state index contributed by atoms with van der Waals surface area (Å²) in [4.78, 5) is 58.4. The molecule has 12 nitrogen and oxygen atoms in total. The van der Waals surface area contributed by atoms with Crippen molar-refractivity contribution in [2.24, 2.45) is 5.92 Å². The molecule has 2 fully saturated rings. The highest BCUT2D eigenvalue weighted by atomic mass is 28.4. The maximum Gasteiger partial charge on any atom is 0.297 e. The highest BCUT2D eigenvalue weighted by Gasteiger charge is 2.67. The first kappa shape index (κ1) is 37.3. The standard InChI is InChI=1S/C40H45FN4O8Si/c1-25-36(54(4,5)41)34(22-35(47)42-18-6-9-29(42)24-46)53-40(25)30-21-28(44-20-8-11-33(52-3)38(44)49)16-17-31(30)45(39(40)50)23-26-12-14-27(15-13-26)43-19-7-10-32(51-2)37(43)48/h7-8,10-17,19-21,25,29,34,36,46H,6,9,18,22-24H2,1-5H3/t25-,29+,34+,36-,40+/m1/s1. The van der Waals surface area contributed by atoms with E-state index in [1.54, 1.807) is 89.9 Å². The number of pyridine rings is 2. The summed E-state index contributed by atoms with van der Waals surface area (Å²) in [6.07, 6.45) is 3.67. The molecule has 2 aromatic heterocycles. The first-order valence-corrected chi connectivity index (χ1v) is 21.1. The Morgan fingerprint density at radius 3 is 2.15 bits per heavy atom. The van der Waals surface area contributed by atoms with Gasteiger partial charge in [0.25, 0.3) is 17.0 Å². The predicted octanol–water partition coefficient (Wildman–Crippen LogP) is 4.70. The molecular formula is C40H45FN4O8Si. The fraction of sp³-hybridized carbons (Fsp3) is 0.400. The summed E-state index contributed by atoms with van der Waals surface area (Å²) >= 11 is 0. The molecule has 2 aromatic carbocycles. The van der Waals surface area contributed by atoms with E-state index in [9.17, 15) is 19.5 Å². The summed E-state index contributed by atoms with van der Waals surface area (Å²) in [6, 6.07) is 18.8. The van der Waals surface area contributed by atoms with E-state index in [-0.39, 0.29) is 54.5 Å². The number of aromatic nitrogens is 2. The molecule has 2 saturated heterocycles. The van der Waals surface area contributed by atoms with Crippen molar-refractivity contribution in [3.05, 3.63) is 111 Å². The molecule has 4 aromatic rings. The maximum atomic E-state index is 16.6. The minimum Gasteiger partial charge on any atom is -0.491 e. The molecular weight excluding hydrogens is 712 g/mol. The van der Waals surface area contributed by atoms with E-state index < -0.39 is 37.1 Å². The maximum absolute atomic E-state index is 16.6. The Hall–Kier alpha value is -5.05. The molecule has 3 aliphatic heterocycles. The number of nitrogens with zero attached hydrogens (tertiary/aromatic N) is 4. The number of amides is 2. The monoisotopic (exact) mass is 756 g/mol. The van der Waals surface area contributed by atoms with Crippen molar-refractivity contribution in [3.63, 3.8) is 0 Å². The van der Waals surface area contributed by atoms with Crippen molar-refractivity contribution in [1.29, 1.82) is 0 Å². The number of hydrogen-bond acceptors (Lipinski definition) is 8. The highest BCUT2D eigenvalue weighted by Crippen LogP contribution is 2.60. The SMILES string of the molecule is COc1cccn(-c2ccc(CN3C(=O)[C@@]4(O[C@@H](CC(=O)N5CCC[C@H]5CO)[C@H]([Si](C)(C)F)[C@H]4C)c4cc(-n5cccc(OC)c5=O)ccc43)cc2)c1=O. The number of methoxy groups -OCH3 is 2. The van der Waals surface area contributed by atoms with E-state index in [1.807, 2.05) is 19.1 Å². The molecule has 0 unspecified atom stereocenters. The summed E-state index contributed by atoms with van der Waals surface area (Å²) in [5.74, 6) is -0.953. The number of anilines is 1. The number of halogens is 1. The Kier molecular flexibility index (Phi) is 9.87. The minimum atomic E-state index is -3.60. The number of carbonyl (C=O) groups is 2. The van der Waals surface area contributed by atoms with Gasteiger partial charge in [-0.05, 0) is 86.1 Å². The Labute approximate surface area is 313 Å². The second kappa shape index (κ2) is 14.3. The Bertz CT molecular complexity index is 2200. The van der Waals surface area contributed by atoms with Crippen molar-refractivity contribution >= 4 is 25.9 Å². The summed E-state index contributed by atoms with van der Waals surface area (Å²) in [5.41, 5.74) is -0.220. The van der Waals surface area contributed by atoms with Gasteiger partial charge in [-0.2, -0.15) is 0 Å². The second-order valence-corrected chi connectivity index (χ2v) is 18.6. The van der Waals surface area contributed by atoms with Gasteiger partial charge in [-0.3, -0.25) is 28.3 Å². The van der Waals surface area contributed by atoms with E-state index in [2.05, 4.69) is 0 Å². The molecule has 3 aliphatic rings. The van der Waals surface area contributed by atoms with Crippen molar-refractivity contribution < 1.29 is 33.0 Å². The topological polar surface area (TPSA) is 133 Å². The van der Waals surface area contributed by atoms with E-state index in [1.165, 1.54) is 23.4 Å². The van der Waals surface area contributed by atoms with Gasteiger partial charge in [0, 0.05) is 47.3 Å². The first-order chi connectivity index (χ1) is 25.8. The Morgan fingerprint density at radius 1 is 0.944 bits per heavy atom. The summed E-state index contributed by atoms with van der Waals surface area (Å²) < 4.78 is 36.8. The van der Waals surface area contributed by atoms with Crippen LogP contribution in [0.4, 0.5) is 9.80 Å². The first-order valence-electron chi connectivity index (χ1n) is 18.2. The van der Waals surface area contributed by atoms with Crippen molar-refractivity contribution in [2.75, 3.05) is 32.3 Å². The molecule has 7 rings (SSSR count). The van der Waals surface area contributed by atoms with Crippen LogP contribution in [0.15, 0.2) is 88.7 Å². The van der Waals surface area contributed by atoms with Gasteiger partial charge in [0.05, 0.1) is 51.6 Å². The number of ether oxygens (including phenoxy) is 3. The largest absolute Gasteiger partial charge is 0.491 e. The molecule has 5 atom stereocenters. The molecule has 2 amide bonds. The summed E-state index contributed by atoms with van der Waals surface area (Å²) in [5, 5.41) is 9.93. The fourth-order valence-corrected chi connectivity index (χ4v) is 11.3. The van der Waals surface area contributed by atoms with Crippen LogP contribution in [0.5, 0.6) is 11.5 Å². The Balaban J connectivity index is 1.31. The van der Waals surface area contributed by atoms with Gasteiger partial charge in [0.1, 0.15) is 0 Å². The van der Waals surface area contributed by atoms with Crippen molar-refractivity contribution in [2.45, 2.75) is 69.1 Å². The second-order valence-electron chi connectivity index (χ2n) is 14.8. The molecule has 0 saturated carbocycles. The number of hydrogen-bond donors (Lipinski definition) is 1. The van der Waals surface area contributed by atoms with Gasteiger partial charge in [0.2, 0.25) is 14.3 Å². The van der Waals surface area contributed by atoms with Gasteiger partial charge in [-0.1, -0.05) is 19.1 Å². The molecule has 5 heterocycles. The molecule has 1 N–H and O–H groups in total. The van der Waals surface area contributed by atoms with Crippen LogP contribution in [0, 0.1) is 5.92 Å². The van der Waals surface area contributed by atoms with Crippen LogP contribution in [0.3, 0.4) is 0 Å². The van der Waals surface area contributed by atoms with E-state index in [0.717, 1.165) is 12.0 Å². The van der Waals surface area contributed by atoms with Gasteiger partial charge in [-0.15, -0.1) is 0 Å². The molecule has 0 aliphatic carbocycles. The zero-order chi connectivity index (χ0) is 38.5. The van der Waals surface area contributed by atoms with Crippen LogP contribution in [-0.4, -0.2) is 78.9 Å². The Morgan fingerprint density at radius 2 is 1.56 bits per heavy atom. The van der Waals surface area contributed by atoms with Crippen LogP contribution in [0.25, 0.3) is 11.4 Å². The van der Waals surface area contributed by atoms with Crippen molar-refractivity contribution in [3.8, 4) is 22.9 Å². The lowest BCUT2D eigenvalue weighted by Crippen LogP contribution is -2.45. The van der Waals surface area contributed by atoms with Crippen LogP contribution in [0.1, 0.15) is 37.3 Å². The number of fused-ring (bicyclic) bond motifs is 2. The van der Waals surface area contributed by atoms with Gasteiger partial charge in [-0.25, -0.2) is 0 Å². The molecule has 0 radical (unpaired) electrons. The van der Waals surface area contributed by atoms with Crippen LogP contribution in [-0.2, 0) is 26.5 Å². The smallest absolute Gasteiger partial charge is 0.297 e. The minimum absolute atomic E-state index is 0.129. The lowest BCUT2D eigenvalue weighted by atomic mass is 9.82. The zero-order valence-electron chi connectivity index (χ0n) is 31.0. The summed E-state index contributed by atoms with van der Waals surface area (Å²) in [7, 11) is -0.741. The normalized spacial score (nSPS) is 23.6. The predicted molar refractivity (Wildman–Crippen MR) is 203 cm³/mol. The average Bonchev–Trinajstić information content (AvgIpc) is 3.82. The number of benzene rings is 2. The quantitative estimate of drug-likeness (QED) is 0.182. The number of likely N-dealkylation sites (tertiary alicyclic amines) is 1.